The number of unbranched alkanes of at least 4 members (excludes halogenated alkanes) is 2. The fourth-order valence-electron chi connectivity index (χ4n) is 1.57. The number of halogens is 3. The molecule has 16 heavy (non-hydrogen) atoms. The first-order chi connectivity index (χ1) is 7.15. The Morgan fingerprint density at radius 1 is 1.25 bits per heavy atom. The van der Waals surface area contributed by atoms with E-state index in [1.807, 2.05) is 12.1 Å². The van der Waals surface area contributed by atoms with E-state index in [0.717, 1.165) is 18.4 Å². The molecule has 0 aliphatic heterocycles. The molecule has 0 unspecified atom stereocenters. The van der Waals surface area contributed by atoms with Crippen LogP contribution in [0.3, 0.4) is 0 Å². The Balaban J connectivity index is 0.00000225. The van der Waals surface area contributed by atoms with Gasteiger partial charge in [0.1, 0.15) is 0 Å². The first-order valence-electron chi connectivity index (χ1n) is 5.35. The molecule has 0 heterocycles. The number of rotatable bonds is 5. The molecule has 0 saturated carbocycles. The van der Waals surface area contributed by atoms with Gasteiger partial charge in [-0.05, 0) is 24.1 Å². The number of hydrogen-bond acceptors (Lipinski definition) is 1. The zero-order valence-electron chi connectivity index (χ0n) is 9.38. The van der Waals surface area contributed by atoms with Crippen molar-refractivity contribution in [1.29, 1.82) is 0 Å². The molecular formula is C12H18Cl3N. The van der Waals surface area contributed by atoms with Crippen LogP contribution in [-0.4, -0.2) is 0 Å². The first-order valence-corrected chi connectivity index (χ1v) is 6.11. The van der Waals surface area contributed by atoms with Crippen LogP contribution in [0.25, 0.3) is 0 Å². The maximum absolute atomic E-state index is 6.07. The van der Waals surface area contributed by atoms with Gasteiger partial charge in [-0.15, -0.1) is 12.4 Å². The largest absolute Gasteiger partial charge is 0.324 e. The van der Waals surface area contributed by atoms with Crippen molar-refractivity contribution >= 4 is 35.6 Å². The second-order valence-corrected chi connectivity index (χ2v) is 4.61. The monoisotopic (exact) mass is 281 g/mol. The molecule has 0 aromatic heterocycles. The van der Waals surface area contributed by atoms with E-state index in [1.165, 1.54) is 12.8 Å². The van der Waals surface area contributed by atoms with Crippen LogP contribution in [0.1, 0.15) is 44.2 Å². The summed E-state index contributed by atoms with van der Waals surface area (Å²) in [6.07, 6.45) is 4.56. The highest BCUT2D eigenvalue weighted by atomic mass is 35.5. The van der Waals surface area contributed by atoms with Crippen LogP contribution >= 0.6 is 35.6 Å². The van der Waals surface area contributed by atoms with Gasteiger partial charge in [0.2, 0.25) is 0 Å². The quantitative estimate of drug-likeness (QED) is 0.756. The highest BCUT2D eigenvalue weighted by Gasteiger charge is 2.09. The van der Waals surface area contributed by atoms with Gasteiger partial charge >= 0.3 is 0 Å². The molecule has 1 aromatic rings. The summed E-state index contributed by atoms with van der Waals surface area (Å²) in [6, 6.07) is 5.53. The van der Waals surface area contributed by atoms with Crippen molar-refractivity contribution in [2.45, 2.75) is 38.6 Å². The van der Waals surface area contributed by atoms with Crippen molar-refractivity contribution in [2.75, 3.05) is 0 Å². The third kappa shape index (κ3) is 4.92. The van der Waals surface area contributed by atoms with Crippen molar-refractivity contribution in [3.05, 3.63) is 33.8 Å². The average molecular weight is 283 g/mol. The normalized spacial score (nSPS) is 12.0. The van der Waals surface area contributed by atoms with Crippen molar-refractivity contribution in [3.8, 4) is 0 Å². The smallest absolute Gasteiger partial charge is 0.0468 e. The van der Waals surface area contributed by atoms with E-state index in [-0.39, 0.29) is 18.4 Å². The minimum atomic E-state index is 0. The van der Waals surface area contributed by atoms with Gasteiger partial charge in [0.15, 0.2) is 0 Å². The maximum Gasteiger partial charge on any atom is 0.0468 e. The van der Waals surface area contributed by atoms with Gasteiger partial charge in [0.25, 0.3) is 0 Å². The van der Waals surface area contributed by atoms with Gasteiger partial charge in [-0.1, -0.05) is 55.5 Å². The zero-order valence-corrected chi connectivity index (χ0v) is 11.7. The molecule has 0 spiro atoms. The Labute approximate surface area is 114 Å². The van der Waals surface area contributed by atoms with E-state index in [0.29, 0.717) is 10.0 Å². The zero-order chi connectivity index (χ0) is 11.3. The SMILES string of the molecule is CCCCC[C@H](N)c1ccc(Cl)cc1Cl.Cl. The average Bonchev–Trinajstić information content (AvgIpc) is 2.17. The molecule has 4 heteroatoms. The summed E-state index contributed by atoms with van der Waals surface area (Å²) in [5.41, 5.74) is 7.06. The minimum Gasteiger partial charge on any atom is -0.324 e. The Morgan fingerprint density at radius 3 is 2.50 bits per heavy atom. The van der Waals surface area contributed by atoms with E-state index in [1.54, 1.807) is 6.07 Å². The number of nitrogens with two attached hydrogens (primary N) is 1. The summed E-state index contributed by atoms with van der Waals surface area (Å²) in [5.74, 6) is 0. The third-order valence-electron chi connectivity index (χ3n) is 2.48. The van der Waals surface area contributed by atoms with Crippen molar-refractivity contribution in [3.63, 3.8) is 0 Å². The van der Waals surface area contributed by atoms with Gasteiger partial charge < -0.3 is 5.73 Å². The molecule has 0 saturated heterocycles. The minimum absolute atomic E-state index is 0. The predicted octanol–water partition coefficient (Wildman–Crippen LogP) is 5.00. The van der Waals surface area contributed by atoms with E-state index >= 15 is 0 Å². The lowest BCUT2D eigenvalue weighted by Crippen LogP contribution is -2.10. The van der Waals surface area contributed by atoms with Crippen molar-refractivity contribution in [2.24, 2.45) is 5.73 Å². The first kappa shape index (κ1) is 16.1. The van der Waals surface area contributed by atoms with Gasteiger partial charge in [0, 0.05) is 16.1 Å². The summed E-state index contributed by atoms with van der Waals surface area (Å²) in [4.78, 5) is 0. The standard InChI is InChI=1S/C12H17Cl2N.ClH/c1-2-3-4-5-12(15)10-7-6-9(13)8-11(10)14;/h6-8,12H,2-5,15H2,1H3;1H/t12-;/m0./s1. The lowest BCUT2D eigenvalue weighted by molar-refractivity contribution is 0.581. The molecule has 0 radical (unpaired) electrons. The van der Waals surface area contributed by atoms with Crippen molar-refractivity contribution in [1.82, 2.24) is 0 Å². The molecule has 0 amide bonds. The molecule has 0 bridgehead atoms. The molecule has 0 fully saturated rings. The van der Waals surface area contributed by atoms with Crippen LogP contribution in [0.5, 0.6) is 0 Å². The van der Waals surface area contributed by atoms with Crippen LogP contribution < -0.4 is 5.73 Å². The van der Waals surface area contributed by atoms with E-state index in [4.69, 9.17) is 28.9 Å². The summed E-state index contributed by atoms with van der Waals surface area (Å²) in [6.45, 7) is 2.18. The Hall–Kier alpha value is 0.0500. The van der Waals surface area contributed by atoms with Gasteiger partial charge in [-0.25, -0.2) is 0 Å². The number of benzene rings is 1. The molecule has 1 nitrogen and oxygen atoms in total. The van der Waals surface area contributed by atoms with E-state index in [2.05, 4.69) is 6.92 Å². The van der Waals surface area contributed by atoms with Crippen LogP contribution in [0, 0.1) is 0 Å². The Morgan fingerprint density at radius 2 is 1.94 bits per heavy atom. The van der Waals surface area contributed by atoms with Crippen LogP contribution in [0.2, 0.25) is 10.0 Å². The van der Waals surface area contributed by atoms with Gasteiger partial charge in [-0.3, -0.25) is 0 Å². The predicted molar refractivity (Wildman–Crippen MR) is 74.8 cm³/mol. The Bertz CT molecular complexity index is 315. The summed E-state index contributed by atoms with van der Waals surface area (Å²) < 4.78 is 0. The topological polar surface area (TPSA) is 26.0 Å². The summed E-state index contributed by atoms with van der Waals surface area (Å²) in [7, 11) is 0. The van der Waals surface area contributed by atoms with Crippen molar-refractivity contribution < 1.29 is 0 Å². The summed E-state index contributed by atoms with van der Waals surface area (Å²) >= 11 is 11.9. The molecule has 1 atom stereocenters. The molecule has 0 aliphatic rings. The summed E-state index contributed by atoms with van der Waals surface area (Å²) in [5, 5.41) is 1.33. The fourth-order valence-corrected chi connectivity index (χ4v) is 2.12. The molecule has 92 valence electrons. The molecule has 2 N–H and O–H groups in total. The number of hydrogen-bond donors (Lipinski definition) is 1. The Kier molecular flexibility index (Phi) is 8.21. The maximum atomic E-state index is 6.07. The van der Waals surface area contributed by atoms with Crippen LogP contribution in [-0.2, 0) is 0 Å². The lowest BCUT2D eigenvalue weighted by Gasteiger charge is -2.13. The third-order valence-corrected chi connectivity index (χ3v) is 3.04. The molecular weight excluding hydrogens is 264 g/mol. The molecule has 1 rings (SSSR count). The van der Waals surface area contributed by atoms with Crippen LogP contribution in [0.4, 0.5) is 0 Å². The molecule has 0 aliphatic carbocycles. The van der Waals surface area contributed by atoms with E-state index in [9.17, 15) is 0 Å². The van der Waals surface area contributed by atoms with Gasteiger partial charge in [0.05, 0.1) is 0 Å². The lowest BCUT2D eigenvalue weighted by atomic mass is 10.0. The highest BCUT2D eigenvalue weighted by Crippen LogP contribution is 2.27. The second-order valence-electron chi connectivity index (χ2n) is 3.77. The van der Waals surface area contributed by atoms with Gasteiger partial charge in [-0.2, -0.15) is 0 Å². The fraction of sp³-hybridized carbons (Fsp3) is 0.500. The van der Waals surface area contributed by atoms with E-state index < -0.39 is 0 Å². The second kappa shape index (κ2) is 8.19. The van der Waals surface area contributed by atoms with Crippen LogP contribution in [0.15, 0.2) is 18.2 Å². The molecule has 1 aromatic carbocycles. The highest BCUT2D eigenvalue weighted by molar-refractivity contribution is 6.35.